The van der Waals surface area contributed by atoms with E-state index in [0.29, 0.717) is 33.5 Å². The predicted molar refractivity (Wildman–Crippen MR) is 158 cm³/mol. The van der Waals surface area contributed by atoms with Crippen molar-refractivity contribution in [3.8, 4) is 56.3 Å². The standard InChI is InChI=1S/C34H22N4O2/c39-31-19-35-15-13-25(31)29-17-27(21-7-3-1-4-8-21)23-11-12-24-28(22-9-5-2-6-10-22)18-30(38-34(24)33(23)37-29)26-14-16-36-20-32(26)40/h1-20,39-40H. The van der Waals surface area contributed by atoms with E-state index in [1.54, 1.807) is 24.5 Å². The van der Waals surface area contributed by atoms with Crippen LogP contribution in [0, 0.1) is 0 Å². The Morgan fingerprint density at radius 1 is 0.450 bits per heavy atom. The minimum atomic E-state index is 0.0499. The third-order valence-electron chi connectivity index (χ3n) is 7.08. The fourth-order valence-electron chi connectivity index (χ4n) is 5.17. The van der Waals surface area contributed by atoms with Crippen molar-refractivity contribution >= 4 is 21.8 Å². The van der Waals surface area contributed by atoms with Crippen LogP contribution in [0.25, 0.3) is 66.6 Å². The zero-order valence-electron chi connectivity index (χ0n) is 21.2. The molecule has 0 bridgehead atoms. The minimum Gasteiger partial charge on any atom is -0.506 e. The maximum absolute atomic E-state index is 10.7. The summed E-state index contributed by atoms with van der Waals surface area (Å²) in [5, 5.41) is 23.2. The highest BCUT2D eigenvalue weighted by Gasteiger charge is 2.18. The van der Waals surface area contributed by atoms with Crippen LogP contribution in [-0.4, -0.2) is 30.1 Å². The van der Waals surface area contributed by atoms with Crippen molar-refractivity contribution in [2.45, 2.75) is 0 Å². The van der Waals surface area contributed by atoms with Crippen LogP contribution in [0.4, 0.5) is 0 Å². The largest absolute Gasteiger partial charge is 0.506 e. The monoisotopic (exact) mass is 518 g/mol. The summed E-state index contributed by atoms with van der Waals surface area (Å²) in [6, 6.07) is 31.9. The topological polar surface area (TPSA) is 92.0 Å². The second kappa shape index (κ2) is 9.60. The number of hydrogen-bond acceptors (Lipinski definition) is 6. The Labute approximate surface area is 229 Å². The average Bonchev–Trinajstić information content (AvgIpc) is 3.01. The van der Waals surface area contributed by atoms with Crippen LogP contribution in [0.5, 0.6) is 11.5 Å². The molecule has 6 heteroatoms. The van der Waals surface area contributed by atoms with E-state index in [1.165, 1.54) is 12.4 Å². The Morgan fingerprint density at radius 3 is 1.27 bits per heavy atom. The molecule has 0 saturated heterocycles. The van der Waals surface area contributed by atoms with Gasteiger partial charge in [0.25, 0.3) is 0 Å². The van der Waals surface area contributed by atoms with Gasteiger partial charge in [-0.05, 0) is 46.5 Å². The van der Waals surface area contributed by atoms with Crippen LogP contribution >= 0.6 is 0 Å². The fraction of sp³-hybridized carbons (Fsp3) is 0. The van der Waals surface area contributed by atoms with Crippen LogP contribution in [0.1, 0.15) is 0 Å². The summed E-state index contributed by atoms with van der Waals surface area (Å²) in [4.78, 5) is 18.3. The van der Waals surface area contributed by atoms with Crippen LogP contribution in [0.2, 0.25) is 0 Å². The molecule has 0 aliphatic rings. The molecule has 0 radical (unpaired) electrons. The molecule has 190 valence electrons. The first-order chi connectivity index (χ1) is 19.7. The normalized spacial score (nSPS) is 11.2. The highest BCUT2D eigenvalue weighted by atomic mass is 16.3. The Hall–Kier alpha value is -5.62. The summed E-state index contributed by atoms with van der Waals surface area (Å²) in [6.45, 7) is 0. The van der Waals surface area contributed by atoms with E-state index in [0.717, 1.165) is 33.0 Å². The number of rotatable bonds is 4. The van der Waals surface area contributed by atoms with Gasteiger partial charge < -0.3 is 10.2 Å². The average molecular weight is 519 g/mol. The van der Waals surface area contributed by atoms with E-state index in [2.05, 4.69) is 46.4 Å². The molecule has 4 heterocycles. The molecule has 6 nitrogen and oxygen atoms in total. The summed E-state index contributed by atoms with van der Waals surface area (Å²) in [7, 11) is 0. The Morgan fingerprint density at radius 2 is 0.875 bits per heavy atom. The van der Waals surface area contributed by atoms with Gasteiger partial charge >= 0.3 is 0 Å². The molecule has 3 aromatic carbocycles. The highest BCUT2D eigenvalue weighted by molar-refractivity contribution is 6.13. The highest BCUT2D eigenvalue weighted by Crippen LogP contribution is 2.41. The second-order valence-electron chi connectivity index (χ2n) is 9.49. The number of benzene rings is 3. The number of fused-ring (bicyclic) bond motifs is 3. The van der Waals surface area contributed by atoms with Crippen molar-refractivity contribution < 1.29 is 10.2 Å². The van der Waals surface area contributed by atoms with Crippen LogP contribution in [-0.2, 0) is 0 Å². The molecule has 0 spiro atoms. The first-order valence-electron chi connectivity index (χ1n) is 12.8. The number of nitrogens with zero attached hydrogens (tertiary/aromatic N) is 4. The Kier molecular flexibility index (Phi) is 5.64. The maximum atomic E-state index is 10.7. The van der Waals surface area contributed by atoms with Crippen molar-refractivity contribution in [3.63, 3.8) is 0 Å². The lowest BCUT2D eigenvalue weighted by atomic mass is 9.94. The van der Waals surface area contributed by atoms with Gasteiger partial charge in [-0.15, -0.1) is 0 Å². The van der Waals surface area contributed by atoms with E-state index in [-0.39, 0.29) is 11.5 Å². The van der Waals surface area contributed by atoms with Gasteiger partial charge in [0.15, 0.2) is 0 Å². The molecule has 7 rings (SSSR count). The van der Waals surface area contributed by atoms with Gasteiger partial charge in [0, 0.05) is 34.3 Å². The molecule has 0 aliphatic carbocycles. The van der Waals surface area contributed by atoms with E-state index < -0.39 is 0 Å². The van der Waals surface area contributed by atoms with Crippen LogP contribution in [0.15, 0.2) is 122 Å². The molecule has 0 saturated carbocycles. The van der Waals surface area contributed by atoms with Gasteiger partial charge in [0.1, 0.15) is 11.5 Å². The van der Waals surface area contributed by atoms with Gasteiger partial charge in [-0.1, -0.05) is 72.8 Å². The molecule has 0 unspecified atom stereocenters. The molecule has 0 fully saturated rings. The molecule has 0 aliphatic heterocycles. The SMILES string of the molecule is Oc1cnccc1-c1cc(-c2ccccc2)c2ccc3c(-c4ccccc4)cc(-c4ccncc4O)nc3c2n1. The summed E-state index contributed by atoms with van der Waals surface area (Å²) in [6.07, 6.45) is 6.12. The van der Waals surface area contributed by atoms with E-state index in [1.807, 2.05) is 48.5 Å². The van der Waals surface area contributed by atoms with Gasteiger partial charge in [-0.25, -0.2) is 9.97 Å². The van der Waals surface area contributed by atoms with Crippen molar-refractivity contribution in [1.82, 2.24) is 19.9 Å². The third-order valence-corrected chi connectivity index (χ3v) is 7.08. The van der Waals surface area contributed by atoms with E-state index in [9.17, 15) is 10.2 Å². The van der Waals surface area contributed by atoms with E-state index in [4.69, 9.17) is 9.97 Å². The summed E-state index contributed by atoms with van der Waals surface area (Å²) in [5.74, 6) is 0.0999. The Bertz CT molecular complexity index is 1880. The third kappa shape index (κ3) is 3.99. The van der Waals surface area contributed by atoms with Gasteiger partial charge in [-0.2, -0.15) is 0 Å². The van der Waals surface area contributed by atoms with Crippen molar-refractivity contribution in [2.24, 2.45) is 0 Å². The number of hydrogen-bond donors (Lipinski definition) is 2. The van der Waals surface area contributed by atoms with Gasteiger partial charge in [0.2, 0.25) is 0 Å². The summed E-state index contributed by atoms with van der Waals surface area (Å²) in [5.41, 5.74) is 7.76. The lowest BCUT2D eigenvalue weighted by molar-refractivity contribution is 0.474. The zero-order chi connectivity index (χ0) is 27.1. The van der Waals surface area contributed by atoms with Crippen molar-refractivity contribution in [2.75, 3.05) is 0 Å². The molecule has 0 atom stereocenters. The number of pyridine rings is 4. The molecular weight excluding hydrogens is 496 g/mol. The predicted octanol–water partition coefficient (Wildman–Crippen LogP) is 7.65. The molecule has 2 N–H and O–H groups in total. The van der Waals surface area contributed by atoms with E-state index >= 15 is 0 Å². The lowest BCUT2D eigenvalue weighted by Gasteiger charge is -2.16. The lowest BCUT2D eigenvalue weighted by Crippen LogP contribution is -1.96. The molecule has 4 aromatic heterocycles. The van der Waals surface area contributed by atoms with Gasteiger partial charge in [0.05, 0.1) is 34.8 Å². The number of aromatic nitrogens is 4. The molecular formula is C34H22N4O2. The Balaban J connectivity index is 1.63. The number of aromatic hydroxyl groups is 2. The molecule has 0 amide bonds. The first-order valence-corrected chi connectivity index (χ1v) is 12.8. The van der Waals surface area contributed by atoms with Crippen molar-refractivity contribution in [1.29, 1.82) is 0 Å². The summed E-state index contributed by atoms with van der Waals surface area (Å²) >= 11 is 0. The molecule has 40 heavy (non-hydrogen) atoms. The smallest absolute Gasteiger partial charge is 0.143 e. The van der Waals surface area contributed by atoms with Gasteiger partial charge in [-0.3, -0.25) is 9.97 Å². The van der Waals surface area contributed by atoms with Crippen LogP contribution in [0.3, 0.4) is 0 Å². The van der Waals surface area contributed by atoms with Crippen LogP contribution < -0.4 is 0 Å². The maximum Gasteiger partial charge on any atom is 0.143 e. The van der Waals surface area contributed by atoms with Crippen molar-refractivity contribution in [3.05, 3.63) is 122 Å². The fourth-order valence-corrected chi connectivity index (χ4v) is 5.17. The zero-order valence-corrected chi connectivity index (χ0v) is 21.2. The first kappa shape index (κ1) is 23.5. The molecule has 7 aromatic rings. The quantitative estimate of drug-likeness (QED) is 0.233. The second-order valence-corrected chi connectivity index (χ2v) is 9.49. The minimum absolute atomic E-state index is 0.0499. The summed E-state index contributed by atoms with van der Waals surface area (Å²) < 4.78 is 0.